The predicted octanol–water partition coefficient (Wildman–Crippen LogP) is 4.01. The first-order valence-electron chi connectivity index (χ1n) is 12.3. The average molecular weight is 503 g/mol. The van der Waals surface area contributed by atoms with E-state index in [1.54, 1.807) is 7.11 Å². The Morgan fingerprint density at radius 1 is 1.17 bits per heavy atom. The van der Waals surface area contributed by atoms with Gasteiger partial charge in [-0.2, -0.15) is 5.10 Å². The fourth-order valence-electron chi connectivity index (χ4n) is 5.04. The third-order valence-corrected chi connectivity index (χ3v) is 8.06. The molecule has 1 N–H and O–H groups in total. The summed E-state index contributed by atoms with van der Waals surface area (Å²) in [5, 5.41) is 8.77. The summed E-state index contributed by atoms with van der Waals surface area (Å²) in [6.07, 6.45) is 2.79. The molecule has 1 unspecified atom stereocenters. The number of aromatic amines is 1. The van der Waals surface area contributed by atoms with Crippen molar-refractivity contribution in [2.45, 2.75) is 23.1 Å². The Bertz CT molecular complexity index is 1370. The second-order valence-corrected chi connectivity index (χ2v) is 10.7. The molecule has 0 bridgehead atoms. The number of ether oxygens (including phenoxy) is 2. The maximum Gasteiger partial charge on any atom is 0.162 e. The minimum Gasteiger partial charge on any atom is -0.497 e. The summed E-state index contributed by atoms with van der Waals surface area (Å²) in [5.74, 6) is 2.71. The van der Waals surface area contributed by atoms with E-state index >= 15 is 0 Å². The summed E-state index contributed by atoms with van der Waals surface area (Å²) in [7, 11) is 3.90. The van der Waals surface area contributed by atoms with E-state index in [0.29, 0.717) is 5.25 Å². The van der Waals surface area contributed by atoms with Gasteiger partial charge in [0.25, 0.3) is 0 Å². The number of anilines is 1. The minimum absolute atomic E-state index is 0.421. The van der Waals surface area contributed by atoms with E-state index in [-0.39, 0.29) is 0 Å². The second-order valence-electron chi connectivity index (χ2n) is 9.38. The maximum absolute atomic E-state index is 5.63. The van der Waals surface area contributed by atoms with Gasteiger partial charge in [-0.15, -0.1) is 11.8 Å². The van der Waals surface area contributed by atoms with Crippen LogP contribution in [-0.4, -0.2) is 77.3 Å². The topological polar surface area (TPSA) is 79.4 Å². The Hall–Kier alpha value is -3.14. The third kappa shape index (κ3) is 4.66. The van der Waals surface area contributed by atoms with Crippen molar-refractivity contribution >= 4 is 28.5 Å². The first-order valence-corrected chi connectivity index (χ1v) is 13.2. The van der Waals surface area contributed by atoms with Gasteiger partial charge in [0.15, 0.2) is 5.82 Å². The maximum atomic E-state index is 5.63. The monoisotopic (exact) mass is 502 g/mol. The van der Waals surface area contributed by atoms with E-state index in [9.17, 15) is 0 Å². The molecule has 0 aliphatic carbocycles. The Labute approximate surface area is 215 Å². The van der Waals surface area contributed by atoms with Crippen molar-refractivity contribution in [2.75, 3.05) is 51.9 Å². The van der Waals surface area contributed by atoms with Gasteiger partial charge in [0.1, 0.15) is 11.6 Å². The molecule has 1 atom stereocenters. The molecule has 1 saturated heterocycles. The number of hydrogen-bond acceptors (Lipinski definition) is 8. The number of H-pyrrole nitrogens is 1. The second kappa shape index (κ2) is 10.1. The van der Waals surface area contributed by atoms with Crippen LogP contribution in [0.15, 0.2) is 53.6 Å². The first-order chi connectivity index (χ1) is 17.7. The Kier molecular flexibility index (Phi) is 6.52. The largest absolute Gasteiger partial charge is 0.497 e. The highest BCUT2D eigenvalue weighted by molar-refractivity contribution is 8.00. The summed E-state index contributed by atoms with van der Waals surface area (Å²) in [5.41, 5.74) is 4.41. The molecule has 0 radical (unpaired) electrons. The molecule has 2 aromatic carbocycles. The molecule has 0 spiro atoms. The zero-order chi connectivity index (χ0) is 24.5. The van der Waals surface area contributed by atoms with E-state index in [1.165, 1.54) is 10.5 Å². The van der Waals surface area contributed by atoms with Crippen LogP contribution < -0.4 is 9.64 Å². The van der Waals surface area contributed by atoms with Crippen LogP contribution in [0.3, 0.4) is 0 Å². The molecular weight excluding hydrogens is 472 g/mol. The minimum atomic E-state index is 0.421. The van der Waals surface area contributed by atoms with E-state index < -0.39 is 0 Å². The molecule has 4 heterocycles. The van der Waals surface area contributed by atoms with Gasteiger partial charge in [-0.05, 0) is 30.8 Å². The molecule has 36 heavy (non-hydrogen) atoms. The van der Waals surface area contributed by atoms with Gasteiger partial charge < -0.3 is 19.3 Å². The molecule has 9 heteroatoms. The molecule has 0 saturated carbocycles. The van der Waals surface area contributed by atoms with Gasteiger partial charge in [-0.1, -0.05) is 24.3 Å². The number of morpholine rings is 1. The molecule has 8 nitrogen and oxygen atoms in total. The number of nitrogens with zero attached hydrogens (tertiary/aromatic N) is 5. The van der Waals surface area contributed by atoms with Crippen molar-refractivity contribution in [2.24, 2.45) is 0 Å². The number of thioether (sulfide) groups is 1. The molecule has 2 aliphatic rings. The van der Waals surface area contributed by atoms with Gasteiger partial charge in [0, 0.05) is 48.8 Å². The molecule has 4 aromatic rings. The lowest BCUT2D eigenvalue weighted by atomic mass is 10.1. The standard InChI is InChI=1S/C27H30N6O2S/c1-32(16-18-5-3-6-19(13-18)34-2)17-20-14-24-25(36-20)27(33-9-11-35-12-10-33)30-26(29-24)21-7-4-8-23-22(21)15-28-31-23/h3-8,13,15,20H,9-12,14,16-17H2,1-2H3,(H,28,31). The normalized spacial score (nSPS) is 17.6. The Morgan fingerprint density at radius 3 is 2.89 bits per heavy atom. The highest BCUT2D eigenvalue weighted by Crippen LogP contribution is 2.43. The van der Waals surface area contributed by atoms with Crippen molar-refractivity contribution in [3.8, 4) is 17.1 Å². The smallest absolute Gasteiger partial charge is 0.162 e. The van der Waals surface area contributed by atoms with Gasteiger partial charge in [-0.25, -0.2) is 9.97 Å². The zero-order valence-corrected chi connectivity index (χ0v) is 21.4. The van der Waals surface area contributed by atoms with Gasteiger partial charge in [0.2, 0.25) is 0 Å². The molecule has 1 fully saturated rings. The highest BCUT2D eigenvalue weighted by Gasteiger charge is 2.31. The van der Waals surface area contributed by atoms with Crippen molar-refractivity contribution in [3.05, 3.63) is 59.9 Å². The van der Waals surface area contributed by atoms with E-state index in [4.69, 9.17) is 19.4 Å². The summed E-state index contributed by atoms with van der Waals surface area (Å²) >= 11 is 1.92. The Morgan fingerprint density at radius 2 is 2.03 bits per heavy atom. The van der Waals surface area contributed by atoms with Crippen LogP contribution in [0.2, 0.25) is 0 Å². The lowest BCUT2D eigenvalue weighted by molar-refractivity contribution is 0.122. The molecule has 2 aliphatic heterocycles. The third-order valence-electron chi connectivity index (χ3n) is 6.76. The number of methoxy groups -OCH3 is 1. The molecule has 2 aromatic heterocycles. The Balaban J connectivity index is 1.28. The lowest BCUT2D eigenvalue weighted by Crippen LogP contribution is -2.37. The summed E-state index contributed by atoms with van der Waals surface area (Å²) < 4.78 is 11.0. The van der Waals surface area contributed by atoms with Crippen molar-refractivity contribution < 1.29 is 9.47 Å². The fraction of sp³-hybridized carbons (Fsp3) is 0.370. The molecule has 0 amide bonds. The molecule has 6 rings (SSSR count). The highest BCUT2D eigenvalue weighted by atomic mass is 32.2. The van der Waals surface area contributed by atoms with Crippen LogP contribution in [0.1, 0.15) is 11.3 Å². The zero-order valence-electron chi connectivity index (χ0n) is 20.6. The summed E-state index contributed by atoms with van der Waals surface area (Å²) in [6, 6.07) is 14.5. The van der Waals surface area contributed by atoms with Crippen LogP contribution >= 0.6 is 11.8 Å². The van der Waals surface area contributed by atoms with Crippen molar-refractivity contribution in [1.82, 2.24) is 25.1 Å². The van der Waals surface area contributed by atoms with Crippen molar-refractivity contribution in [3.63, 3.8) is 0 Å². The van der Waals surface area contributed by atoms with E-state index in [1.807, 2.05) is 36.2 Å². The average Bonchev–Trinajstić information content (AvgIpc) is 3.55. The summed E-state index contributed by atoms with van der Waals surface area (Å²) in [4.78, 5) is 16.2. The summed E-state index contributed by atoms with van der Waals surface area (Å²) in [6.45, 7) is 4.99. The van der Waals surface area contributed by atoms with E-state index in [0.717, 1.165) is 85.4 Å². The van der Waals surface area contributed by atoms with Crippen LogP contribution in [0.4, 0.5) is 5.82 Å². The number of rotatable bonds is 7. The van der Waals surface area contributed by atoms with Gasteiger partial charge >= 0.3 is 0 Å². The van der Waals surface area contributed by atoms with Crippen LogP contribution in [0.25, 0.3) is 22.3 Å². The first kappa shape index (κ1) is 23.3. The number of nitrogens with one attached hydrogen (secondary N) is 1. The molecule has 186 valence electrons. The van der Waals surface area contributed by atoms with Crippen molar-refractivity contribution in [1.29, 1.82) is 0 Å². The van der Waals surface area contributed by atoms with Gasteiger partial charge in [-0.3, -0.25) is 5.10 Å². The van der Waals surface area contributed by atoms with Crippen LogP contribution in [-0.2, 0) is 17.7 Å². The van der Waals surface area contributed by atoms with Crippen LogP contribution in [0.5, 0.6) is 5.75 Å². The quantitative estimate of drug-likeness (QED) is 0.406. The number of hydrogen-bond donors (Lipinski definition) is 1. The SMILES string of the molecule is COc1cccc(CN(C)CC2Cc3nc(-c4cccc5[nH]ncc45)nc(N4CCOCC4)c3S2)c1. The number of aromatic nitrogens is 4. The lowest BCUT2D eigenvalue weighted by Gasteiger charge is -2.29. The number of benzene rings is 2. The van der Waals surface area contributed by atoms with Gasteiger partial charge in [0.05, 0.1) is 42.6 Å². The predicted molar refractivity (Wildman–Crippen MR) is 143 cm³/mol. The number of fused-ring (bicyclic) bond motifs is 2. The van der Waals surface area contributed by atoms with Crippen LogP contribution in [0, 0.1) is 0 Å². The fourth-order valence-corrected chi connectivity index (χ4v) is 6.49. The van der Waals surface area contributed by atoms with E-state index in [2.05, 4.69) is 51.3 Å². The molecular formula is C27H30N6O2S.